The van der Waals surface area contributed by atoms with E-state index in [2.05, 4.69) is 0 Å². The average Bonchev–Trinajstić information content (AvgIpc) is 3.19. The quantitative estimate of drug-likeness (QED) is 0.698. The predicted octanol–water partition coefficient (Wildman–Crippen LogP) is 4.43. The minimum Gasteiger partial charge on any atom is -0.467 e. The number of amides is 1. The Balaban J connectivity index is 1.84. The van der Waals surface area contributed by atoms with Crippen molar-refractivity contribution >= 4 is 28.8 Å². The van der Waals surface area contributed by atoms with E-state index in [0.29, 0.717) is 18.7 Å². The molecule has 0 saturated heterocycles. The summed E-state index contributed by atoms with van der Waals surface area (Å²) in [5.41, 5.74) is 0.361. The molecule has 0 aliphatic rings. The highest BCUT2D eigenvalue weighted by Gasteiger charge is 2.22. The number of halogens is 1. The van der Waals surface area contributed by atoms with Crippen molar-refractivity contribution < 1.29 is 13.6 Å². The average molecular weight is 322 g/mol. The van der Waals surface area contributed by atoms with Gasteiger partial charge in [-0.2, -0.15) is 0 Å². The van der Waals surface area contributed by atoms with E-state index in [4.69, 9.17) is 20.4 Å². The molecule has 3 heterocycles. The van der Waals surface area contributed by atoms with E-state index in [1.54, 1.807) is 34.6 Å². The molecule has 4 nitrogen and oxygen atoms in total. The zero-order chi connectivity index (χ0) is 14.7. The Labute approximate surface area is 130 Å². The van der Waals surface area contributed by atoms with Crippen molar-refractivity contribution in [2.24, 2.45) is 0 Å². The third kappa shape index (κ3) is 3.20. The number of furan rings is 2. The summed E-state index contributed by atoms with van der Waals surface area (Å²) >= 11 is 7.51. The molecule has 0 aliphatic heterocycles. The molecule has 108 valence electrons. The van der Waals surface area contributed by atoms with Gasteiger partial charge in [-0.25, -0.2) is 0 Å². The van der Waals surface area contributed by atoms with Crippen LogP contribution in [-0.4, -0.2) is 10.8 Å². The van der Waals surface area contributed by atoms with E-state index in [1.807, 2.05) is 23.6 Å². The second-order valence-corrected chi connectivity index (χ2v) is 5.80. The van der Waals surface area contributed by atoms with Crippen LogP contribution in [0.1, 0.15) is 21.0 Å². The summed E-state index contributed by atoms with van der Waals surface area (Å²) in [4.78, 5) is 15.4. The lowest BCUT2D eigenvalue weighted by molar-refractivity contribution is 0.0719. The fourth-order valence-corrected chi connectivity index (χ4v) is 2.91. The lowest BCUT2D eigenvalue weighted by Gasteiger charge is -2.20. The van der Waals surface area contributed by atoms with E-state index in [-0.39, 0.29) is 11.1 Å². The highest BCUT2D eigenvalue weighted by atomic mass is 35.5. The van der Waals surface area contributed by atoms with Crippen LogP contribution in [0.3, 0.4) is 0 Å². The predicted molar refractivity (Wildman–Crippen MR) is 80.3 cm³/mol. The Kier molecular flexibility index (Phi) is 4.13. The van der Waals surface area contributed by atoms with Crippen molar-refractivity contribution in [3.63, 3.8) is 0 Å². The minimum absolute atomic E-state index is 0.107. The molecule has 0 spiro atoms. The number of hydrogen-bond donors (Lipinski definition) is 0. The van der Waals surface area contributed by atoms with Gasteiger partial charge in [0.25, 0.3) is 5.91 Å². The standard InChI is InChI=1S/C15H12ClNO3S/c16-14-13(5-7-20-14)15(18)17(9-11-3-1-6-19-11)10-12-4-2-8-21-12/h1-8H,9-10H2. The van der Waals surface area contributed by atoms with Gasteiger partial charge in [-0.15, -0.1) is 11.3 Å². The smallest absolute Gasteiger partial charge is 0.259 e. The fourth-order valence-electron chi connectivity index (χ4n) is 2.00. The Bertz CT molecular complexity index is 667. The summed E-state index contributed by atoms with van der Waals surface area (Å²) in [5, 5.41) is 2.09. The molecule has 0 saturated carbocycles. The second kappa shape index (κ2) is 6.20. The van der Waals surface area contributed by atoms with E-state index in [1.165, 1.54) is 6.26 Å². The van der Waals surface area contributed by atoms with Gasteiger partial charge in [-0.05, 0) is 41.2 Å². The summed E-state index contributed by atoms with van der Waals surface area (Å²) in [7, 11) is 0. The van der Waals surface area contributed by atoms with Gasteiger partial charge in [0.2, 0.25) is 5.22 Å². The monoisotopic (exact) mass is 321 g/mol. The highest BCUT2D eigenvalue weighted by Crippen LogP contribution is 2.22. The number of hydrogen-bond acceptors (Lipinski definition) is 4. The molecule has 3 rings (SSSR count). The first kappa shape index (κ1) is 14.0. The van der Waals surface area contributed by atoms with Crippen LogP contribution in [0, 0.1) is 0 Å². The van der Waals surface area contributed by atoms with Gasteiger partial charge in [0.15, 0.2) is 0 Å². The third-order valence-electron chi connectivity index (χ3n) is 2.99. The SMILES string of the molecule is O=C(c1ccoc1Cl)N(Cc1ccco1)Cc1cccs1. The van der Waals surface area contributed by atoms with E-state index >= 15 is 0 Å². The molecule has 0 radical (unpaired) electrons. The lowest BCUT2D eigenvalue weighted by atomic mass is 10.2. The Morgan fingerprint density at radius 2 is 2.05 bits per heavy atom. The molecule has 21 heavy (non-hydrogen) atoms. The Morgan fingerprint density at radius 1 is 1.14 bits per heavy atom. The molecule has 3 aromatic rings. The van der Waals surface area contributed by atoms with E-state index in [0.717, 1.165) is 10.6 Å². The van der Waals surface area contributed by atoms with E-state index < -0.39 is 0 Å². The molecular formula is C15H12ClNO3S. The Morgan fingerprint density at radius 3 is 2.67 bits per heavy atom. The van der Waals surface area contributed by atoms with Gasteiger partial charge in [0.05, 0.1) is 31.2 Å². The molecule has 0 bridgehead atoms. The van der Waals surface area contributed by atoms with Crippen molar-refractivity contribution in [3.05, 3.63) is 69.7 Å². The second-order valence-electron chi connectivity index (χ2n) is 4.43. The number of carbonyl (C=O) groups excluding carboxylic acids is 1. The van der Waals surface area contributed by atoms with Gasteiger partial charge in [0, 0.05) is 4.88 Å². The first-order valence-corrected chi connectivity index (χ1v) is 7.57. The molecule has 3 aromatic heterocycles. The summed E-state index contributed by atoms with van der Waals surface area (Å²) in [6, 6.07) is 9.16. The number of carbonyl (C=O) groups is 1. The topological polar surface area (TPSA) is 46.6 Å². The maximum Gasteiger partial charge on any atom is 0.259 e. The zero-order valence-electron chi connectivity index (χ0n) is 11.0. The van der Waals surface area contributed by atoms with Crippen molar-refractivity contribution in [1.29, 1.82) is 0 Å². The molecule has 0 atom stereocenters. The number of thiophene rings is 1. The van der Waals surface area contributed by atoms with Crippen LogP contribution in [0.25, 0.3) is 0 Å². The summed E-state index contributed by atoms with van der Waals surface area (Å²) in [6.07, 6.45) is 3.00. The molecule has 1 amide bonds. The molecule has 0 aliphatic carbocycles. The van der Waals surface area contributed by atoms with Crippen molar-refractivity contribution in [1.82, 2.24) is 4.90 Å². The van der Waals surface area contributed by atoms with Crippen LogP contribution >= 0.6 is 22.9 Å². The number of nitrogens with zero attached hydrogens (tertiary/aromatic N) is 1. The van der Waals surface area contributed by atoms with Gasteiger partial charge in [-0.1, -0.05) is 6.07 Å². The number of rotatable bonds is 5. The molecule has 0 unspecified atom stereocenters. The van der Waals surface area contributed by atoms with Crippen LogP contribution in [-0.2, 0) is 13.1 Å². The van der Waals surface area contributed by atoms with Crippen LogP contribution in [0.15, 0.2) is 57.1 Å². The first-order chi connectivity index (χ1) is 10.2. The van der Waals surface area contributed by atoms with Crippen molar-refractivity contribution in [2.75, 3.05) is 0 Å². The largest absolute Gasteiger partial charge is 0.467 e. The van der Waals surface area contributed by atoms with Crippen molar-refractivity contribution in [2.45, 2.75) is 13.1 Å². The van der Waals surface area contributed by atoms with Crippen LogP contribution in [0.2, 0.25) is 5.22 Å². The van der Waals surface area contributed by atoms with Crippen LogP contribution < -0.4 is 0 Å². The van der Waals surface area contributed by atoms with Gasteiger partial charge < -0.3 is 13.7 Å². The lowest BCUT2D eigenvalue weighted by Crippen LogP contribution is -2.29. The molecule has 0 N–H and O–H groups in total. The highest BCUT2D eigenvalue weighted by molar-refractivity contribution is 7.09. The summed E-state index contributed by atoms with van der Waals surface area (Å²) in [5.74, 6) is 0.540. The van der Waals surface area contributed by atoms with Gasteiger partial charge in [-0.3, -0.25) is 4.79 Å². The molecular weight excluding hydrogens is 310 g/mol. The molecule has 0 aromatic carbocycles. The maximum atomic E-state index is 12.6. The third-order valence-corrected chi connectivity index (χ3v) is 4.14. The fraction of sp³-hybridized carbons (Fsp3) is 0.133. The summed E-state index contributed by atoms with van der Waals surface area (Å²) < 4.78 is 10.3. The Hall–Kier alpha value is -1.98. The maximum absolute atomic E-state index is 12.6. The molecule has 0 fully saturated rings. The molecule has 6 heteroatoms. The van der Waals surface area contributed by atoms with Crippen LogP contribution in [0.5, 0.6) is 0 Å². The zero-order valence-corrected chi connectivity index (χ0v) is 12.6. The van der Waals surface area contributed by atoms with E-state index in [9.17, 15) is 4.79 Å². The van der Waals surface area contributed by atoms with Crippen LogP contribution in [0.4, 0.5) is 0 Å². The van der Waals surface area contributed by atoms with Gasteiger partial charge >= 0.3 is 0 Å². The van der Waals surface area contributed by atoms with Crippen molar-refractivity contribution in [3.8, 4) is 0 Å². The normalized spacial score (nSPS) is 10.7. The minimum atomic E-state index is -0.182. The summed E-state index contributed by atoms with van der Waals surface area (Å²) in [6.45, 7) is 0.879. The first-order valence-electron chi connectivity index (χ1n) is 6.31. The van der Waals surface area contributed by atoms with Gasteiger partial charge in [0.1, 0.15) is 5.76 Å².